The number of alkyl carbamates (subject to hydrolysis) is 1. The van der Waals surface area contributed by atoms with Gasteiger partial charge < -0.3 is 14.8 Å². The summed E-state index contributed by atoms with van der Waals surface area (Å²) in [6, 6.07) is 0. The van der Waals surface area contributed by atoms with Crippen molar-refractivity contribution in [1.29, 1.82) is 0 Å². The summed E-state index contributed by atoms with van der Waals surface area (Å²) in [5.41, 5.74) is 0.0138. The molecule has 0 aliphatic heterocycles. The zero-order valence-corrected chi connectivity index (χ0v) is 19.7. The fourth-order valence-electron chi connectivity index (χ4n) is 2.34. The van der Waals surface area contributed by atoms with Crippen molar-refractivity contribution in [1.82, 2.24) is 5.32 Å². The standard InChI is InChI=1S/C23H35F3N2O3/c1-9-12-17(14-18(13-10-2)23(24,25)26)20(16(4)11-3)28-19(30-8)15-27-21(29)31-22(5,6)7/h9,12-14H,10-11,15H2,1-8H3,(H,27,29)/b12-9-,17-14+,18-13-,20-16?,28-19?. The maximum absolute atomic E-state index is 13.5. The Labute approximate surface area is 183 Å². The summed E-state index contributed by atoms with van der Waals surface area (Å²) in [6.45, 7) is 12.2. The van der Waals surface area contributed by atoms with Crippen LogP contribution < -0.4 is 5.32 Å². The number of alkyl halides is 3. The molecule has 0 saturated heterocycles. The number of halogens is 3. The van der Waals surface area contributed by atoms with Crippen LogP contribution in [-0.2, 0) is 9.47 Å². The lowest BCUT2D eigenvalue weighted by molar-refractivity contribution is -0.0884. The molecule has 0 aliphatic rings. The first-order valence-electron chi connectivity index (χ1n) is 10.2. The van der Waals surface area contributed by atoms with Crippen molar-refractivity contribution in [2.45, 2.75) is 73.1 Å². The van der Waals surface area contributed by atoms with E-state index in [1.165, 1.54) is 7.11 Å². The largest absolute Gasteiger partial charge is 0.483 e. The molecule has 5 nitrogen and oxygen atoms in total. The lowest BCUT2D eigenvalue weighted by Gasteiger charge is -2.20. The quantitative estimate of drug-likeness (QED) is 0.259. The molecule has 0 radical (unpaired) electrons. The summed E-state index contributed by atoms with van der Waals surface area (Å²) < 4.78 is 50.8. The van der Waals surface area contributed by atoms with E-state index in [9.17, 15) is 18.0 Å². The first-order valence-corrected chi connectivity index (χ1v) is 10.2. The second-order valence-electron chi connectivity index (χ2n) is 7.71. The van der Waals surface area contributed by atoms with Crippen molar-refractivity contribution in [2.75, 3.05) is 13.7 Å². The summed E-state index contributed by atoms with van der Waals surface area (Å²) in [5, 5.41) is 2.54. The minimum atomic E-state index is -4.49. The van der Waals surface area contributed by atoms with Gasteiger partial charge in [0.15, 0.2) is 0 Å². The number of rotatable bonds is 8. The number of nitrogens with zero attached hydrogens (tertiary/aromatic N) is 1. The second kappa shape index (κ2) is 13.0. The number of amides is 1. The SMILES string of the molecule is C\C=C/C(=C\C(=C\CC)C(F)(F)F)C(N=C(CNC(=O)OC(C)(C)C)OC)=C(C)CC. The highest BCUT2D eigenvalue weighted by atomic mass is 19.4. The molecule has 0 aromatic heterocycles. The molecular formula is C23H35F3N2O3. The molecule has 8 heteroatoms. The number of aliphatic imine (C=N–C) groups is 1. The Hall–Kier alpha value is -2.51. The third kappa shape index (κ3) is 11.5. The molecule has 0 rings (SSSR count). The molecule has 0 heterocycles. The van der Waals surface area contributed by atoms with E-state index in [-0.39, 0.29) is 18.9 Å². The number of ether oxygens (including phenoxy) is 2. The van der Waals surface area contributed by atoms with E-state index in [1.807, 2.05) is 6.92 Å². The highest BCUT2D eigenvalue weighted by Gasteiger charge is 2.32. The van der Waals surface area contributed by atoms with Crippen LogP contribution in [0.4, 0.5) is 18.0 Å². The number of carbonyl (C=O) groups excluding carboxylic acids is 1. The molecule has 0 atom stereocenters. The number of carbonyl (C=O) groups is 1. The molecule has 0 bridgehead atoms. The molecule has 0 fully saturated rings. The lowest BCUT2D eigenvalue weighted by atomic mass is 10.0. The van der Waals surface area contributed by atoms with Crippen LogP contribution >= 0.6 is 0 Å². The number of nitrogens with one attached hydrogen (secondary N) is 1. The highest BCUT2D eigenvalue weighted by Crippen LogP contribution is 2.31. The summed E-state index contributed by atoms with van der Waals surface area (Å²) in [6.07, 6.45) is 1.11. The fourth-order valence-corrected chi connectivity index (χ4v) is 2.34. The molecule has 1 N–H and O–H groups in total. The van der Waals surface area contributed by atoms with Crippen LogP contribution in [0.25, 0.3) is 0 Å². The third-order valence-corrected chi connectivity index (χ3v) is 3.87. The summed E-state index contributed by atoms with van der Waals surface area (Å²) in [5.74, 6) is 0.136. The van der Waals surface area contributed by atoms with Crippen LogP contribution in [0.15, 0.2) is 51.7 Å². The van der Waals surface area contributed by atoms with Gasteiger partial charge in [-0.25, -0.2) is 9.79 Å². The van der Waals surface area contributed by atoms with Crippen LogP contribution in [0, 0.1) is 0 Å². The van der Waals surface area contributed by atoms with Gasteiger partial charge in [-0.2, -0.15) is 13.2 Å². The average molecular weight is 445 g/mol. The Balaban J connectivity index is 6.19. The van der Waals surface area contributed by atoms with Crippen LogP contribution in [0.5, 0.6) is 0 Å². The van der Waals surface area contributed by atoms with Gasteiger partial charge in [0.05, 0.1) is 24.9 Å². The molecule has 1 amide bonds. The molecule has 0 spiro atoms. The minimum absolute atomic E-state index is 0.0774. The molecule has 0 aliphatic carbocycles. The van der Waals surface area contributed by atoms with Gasteiger partial charge in [0, 0.05) is 5.57 Å². The lowest BCUT2D eigenvalue weighted by Crippen LogP contribution is -2.36. The summed E-state index contributed by atoms with van der Waals surface area (Å²) in [4.78, 5) is 16.3. The van der Waals surface area contributed by atoms with Crippen LogP contribution in [-0.4, -0.2) is 37.4 Å². The predicted molar refractivity (Wildman–Crippen MR) is 119 cm³/mol. The molecular weight excluding hydrogens is 409 g/mol. The molecule has 0 aromatic rings. The number of hydrogen-bond donors (Lipinski definition) is 1. The summed E-state index contributed by atoms with van der Waals surface area (Å²) in [7, 11) is 1.38. The predicted octanol–water partition coefficient (Wildman–Crippen LogP) is 6.64. The van der Waals surface area contributed by atoms with Gasteiger partial charge in [-0.05, 0) is 59.1 Å². The van der Waals surface area contributed by atoms with E-state index < -0.39 is 23.4 Å². The Morgan fingerprint density at radius 1 is 1.16 bits per heavy atom. The first kappa shape index (κ1) is 28.5. The van der Waals surface area contributed by atoms with E-state index in [0.717, 1.165) is 17.7 Å². The van der Waals surface area contributed by atoms with E-state index in [2.05, 4.69) is 10.3 Å². The third-order valence-electron chi connectivity index (χ3n) is 3.87. The molecule has 176 valence electrons. The smallest absolute Gasteiger partial charge is 0.416 e. The maximum Gasteiger partial charge on any atom is 0.416 e. The van der Waals surface area contributed by atoms with Crippen LogP contribution in [0.3, 0.4) is 0 Å². The van der Waals surface area contributed by atoms with Crippen LogP contribution in [0.1, 0.15) is 61.3 Å². The summed E-state index contributed by atoms with van der Waals surface area (Å²) >= 11 is 0. The van der Waals surface area contributed by atoms with Crippen molar-refractivity contribution in [3.8, 4) is 0 Å². The van der Waals surface area contributed by atoms with Gasteiger partial charge in [-0.1, -0.05) is 32.1 Å². The topological polar surface area (TPSA) is 59.9 Å². The van der Waals surface area contributed by atoms with Gasteiger partial charge >= 0.3 is 12.3 Å². The van der Waals surface area contributed by atoms with Crippen molar-refractivity contribution in [2.24, 2.45) is 4.99 Å². The Kier molecular flexibility index (Phi) is 12.0. The van der Waals surface area contributed by atoms with Crippen molar-refractivity contribution < 1.29 is 27.4 Å². The van der Waals surface area contributed by atoms with Crippen LogP contribution in [0.2, 0.25) is 0 Å². The maximum atomic E-state index is 13.5. The van der Waals surface area contributed by atoms with E-state index in [4.69, 9.17) is 9.47 Å². The van der Waals surface area contributed by atoms with Gasteiger partial charge in [0.25, 0.3) is 0 Å². The van der Waals surface area contributed by atoms with Gasteiger partial charge in [0.1, 0.15) is 5.60 Å². The van der Waals surface area contributed by atoms with Crippen molar-refractivity contribution in [3.05, 3.63) is 46.7 Å². The van der Waals surface area contributed by atoms with Gasteiger partial charge in [-0.3, -0.25) is 0 Å². The van der Waals surface area contributed by atoms with Gasteiger partial charge in [-0.15, -0.1) is 0 Å². The number of methoxy groups -OCH3 is 1. The van der Waals surface area contributed by atoms with Gasteiger partial charge in [0.2, 0.25) is 5.90 Å². The Morgan fingerprint density at radius 2 is 1.77 bits per heavy atom. The van der Waals surface area contributed by atoms with Crippen molar-refractivity contribution >= 4 is 12.0 Å². The van der Waals surface area contributed by atoms with E-state index in [1.54, 1.807) is 53.7 Å². The Bertz CT molecular complexity index is 753. The number of allylic oxidation sites excluding steroid dienone is 6. The minimum Gasteiger partial charge on any atom is -0.483 e. The van der Waals surface area contributed by atoms with E-state index in [0.29, 0.717) is 17.7 Å². The zero-order chi connectivity index (χ0) is 24.2. The average Bonchev–Trinajstić information content (AvgIpc) is 2.64. The first-order chi connectivity index (χ1) is 14.3. The second-order valence-corrected chi connectivity index (χ2v) is 7.71. The normalized spacial score (nSPS) is 15.1. The molecule has 0 aromatic carbocycles. The number of hydrogen-bond acceptors (Lipinski definition) is 4. The van der Waals surface area contributed by atoms with E-state index >= 15 is 0 Å². The molecule has 0 saturated carbocycles. The fraction of sp³-hybridized carbons (Fsp3) is 0.565. The van der Waals surface area contributed by atoms with Crippen molar-refractivity contribution in [3.63, 3.8) is 0 Å². The molecule has 0 unspecified atom stereocenters. The monoisotopic (exact) mass is 444 g/mol. The Morgan fingerprint density at radius 3 is 2.19 bits per heavy atom. The molecule has 31 heavy (non-hydrogen) atoms. The zero-order valence-electron chi connectivity index (χ0n) is 19.7. The highest BCUT2D eigenvalue weighted by molar-refractivity contribution is 5.83.